The van der Waals surface area contributed by atoms with Gasteiger partial charge in [-0.25, -0.2) is 0 Å². The smallest absolute Gasteiger partial charge is 0.317 e. The third-order valence-corrected chi connectivity index (χ3v) is 4.02. The Kier molecular flexibility index (Phi) is 6.94. The van der Waals surface area contributed by atoms with E-state index in [4.69, 9.17) is 9.47 Å². The second kappa shape index (κ2) is 8.46. The van der Waals surface area contributed by atoms with Crippen molar-refractivity contribution < 1.29 is 23.9 Å². The van der Waals surface area contributed by atoms with Gasteiger partial charge in [0.1, 0.15) is 23.2 Å². The zero-order chi connectivity index (χ0) is 17.6. The molecule has 0 N–H and O–H groups in total. The first kappa shape index (κ1) is 18.9. The maximum absolute atomic E-state index is 12.3. The summed E-state index contributed by atoms with van der Waals surface area (Å²) in [6.07, 6.45) is 0. The fourth-order valence-electron chi connectivity index (χ4n) is 2.65. The minimum Gasteiger partial charge on any atom is -0.497 e. The largest absolute Gasteiger partial charge is 0.497 e. The van der Waals surface area contributed by atoms with Crippen molar-refractivity contribution in [3.8, 4) is 5.75 Å². The van der Waals surface area contributed by atoms with Gasteiger partial charge in [-0.3, -0.25) is 14.4 Å². The molecule has 0 heterocycles. The van der Waals surface area contributed by atoms with Gasteiger partial charge < -0.3 is 9.47 Å². The average molecular weight is 320 g/mol. The van der Waals surface area contributed by atoms with Crippen LogP contribution in [0.1, 0.15) is 39.2 Å². The monoisotopic (exact) mass is 320 g/mol. The normalized spacial score (nSPS) is 14.5. The first-order valence-electron chi connectivity index (χ1n) is 7.64. The molecule has 0 aromatic heterocycles. The van der Waals surface area contributed by atoms with E-state index in [1.807, 2.05) is 0 Å². The zero-order valence-electron chi connectivity index (χ0n) is 14.3. The third kappa shape index (κ3) is 4.65. The molecule has 126 valence electrons. The minimum absolute atomic E-state index is 0.0821. The minimum atomic E-state index is -0.998. The number of esters is 1. The van der Waals surface area contributed by atoms with Crippen molar-refractivity contribution in [2.45, 2.75) is 33.6 Å². The molecule has 0 amide bonds. The predicted molar refractivity (Wildman–Crippen MR) is 86.4 cm³/mol. The van der Waals surface area contributed by atoms with Gasteiger partial charge in [-0.15, -0.1) is 0 Å². The molecule has 0 aliphatic carbocycles. The Morgan fingerprint density at radius 1 is 1.04 bits per heavy atom. The molecule has 0 aliphatic heterocycles. The fourth-order valence-corrected chi connectivity index (χ4v) is 2.65. The molecule has 5 nitrogen and oxygen atoms in total. The van der Waals surface area contributed by atoms with Gasteiger partial charge in [0.25, 0.3) is 0 Å². The van der Waals surface area contributed by atoms with Gasteiger partial charge in [0.05, 0.1) is 13.7 Å². The maximum Gasteiger partial charge on any atom is 0.317 e. The standard InChI is InChI=1S/C18H24O5/c1-6-23-18(21)17(13(4)20)16(11(2)12(3)19)14-7-9-15(22-5)10-8-14/h7-11,16-17H,6H2,1-5H3. The van der Waals surface area contributed by atoms with E-state index < -0.39 is 23.7 Å². The SMILES string of the molecule is CCOC(=O)C(C(C)=O)C(c1ccc(OC)cc1)C(C)C(C)=O. The van der Waals surface area contributed by atoms with E-state index in [1.54, 1.807) is 45.2 Å². The van der Waals surface area contributed by atoms with Crippen LogP contribution in [-0.4, -0.2) is 31.3 Å². The van der Waals surface area contributed by atoms with Crippen LogP contribution in [0, 0.1) is 11.8 Å². The van der Waals surface area contributed by atoms with Gasteiger partial charge >= 0.3 is 5.97 Å². The molecule has 0 spiro atoms. The van der Waals surface area contributed by atoms with Crippen LogP contribution in [0.15, 0.2) is 24.3 Å². The number of Topliss-reactive ketones (excluding diaryl/α,β-unsaturated/α-hetero) is 2. The summed E-state index contributed by atoms with van der Waals surface area (Å²) in [4.78, 5) is 36.3. The summed E-state index contributed by atoms with van der Waals surface area (Å²) in [6, 6.07) is 7.05. The molecule has 0 fully saturated rings. The van der Waals surface area contributed by atoms with Crippen molar-refractivity contribution in [2.75, 3.05) is 13.7 Å². The van der Waals surface area contributed by atoms with E-state index >= 15 is 0 Å². The van der Waals surface area contributed by atoms with Crippen molar-refractivity contribution in [1.29, 1.82) is 0 Å². The molecule has 1 rings (SSSR count). The molecule has 3 unspecified atom stereocenters. The Morgan fingerprint density at radius 2 is 1.61 bits per heavy atom. The summed E-state index contributed by atoms with van der Waals surface area (Å²) in [7, 11) is 1.56. The highest BCUT2D eigenvalue weighted by Gasteiger charge is 2.39. The number of methoxy groups -OCH3 is 1. The Balaban J connectivity index is 3.33. The number of rotatable bonds is 8. The topological polar surface area (TPSA) is 69.7 Å². The van der Waals surface area contributed by atoms with Crippen LogP contribution in [-0.2, 0) is 19.1 Å². The van der Waals surface area contributed by atoms with Crippen LogP contribution in [0.2, 0.25) is 0 Å². The Morgan fingerprint density at radius 3 is 2.00 bits per heavy atom. The molecule has 23 heavy (non-hydrogen) atoms. The van der Waals surface area contributed by atoms with E-state index in [0.29, 0.717) is 5.75 Å². The summed E-state index contributed by atoms with van der Waals surface area (Å²) in [6.45, 7) is 6.42. The Bertz CT molecular complexity index is 561. The summed E-state index contributed by atoms with van der Waals surface area (Å²) in [5, 5.41) is 0. The molecule has 3 atom stereocenters. The second-order valence-electron chi connectivity index (χ2n) is 5.54. The summed E-state index contributed by atoms with van der Waals surface area (Å²) >= 11 is 0. The first-order valence-corrected chi connectivity index (χ1v) is 7.64. The molecule has 0 saturated carbocycles. The lowest BCUT2D eigenvalue weighted by atomic mass is 9.74. The van der Waals surface area contributed by atoms with E-state index in [1.165, 1.54) is 13.8 Å². The highest BCUT2D eigenvalue weighted by atomic mass is 16.5. The summed E-state index contributed by atoms with van der Waals surface area (Å²) < 4.78 is 10.2. The van der Waals surface area contributed by atoms with Crippen molar-refractivity contribution in [3.05, 3.63) is 29.8 Å². The Hall–Kier alpha value is -2.17. The number of ketones is 2. The lowest BCUT2D eigenvalue weighted by Crippen LogP contribution is -2.35. The quantitative estimate of drug-likeness (QED) is 0.544. The molecule has 0 aliphatic rings. The molecular formula is C18H24O5. The van der Waals surface area contributed by atoms with E-state index in [-0.39, 0.29) is 18.2 Å². The van der Waals surface area contributed by atoms with Crippen molar-refractivity contribution in [2.24, 2.45) is 11.8 Å². The van der Waals surface area contributed by atoms with Gasteiger partial charge in [0.2, 0.25) is 0 Å². The highest BCUT2D eigenvalue weighted by Crippen LogP contribution is 2.35. The highest BCUT2D eigenvalue weighted by molar-refractivity contribution is 5.99. The van der Waals surface area contributed by atoms with Gasteiger partial charge in [0, 0.05) is 11.8 Å². The average Bonchev–Trinajstić information content (AvgIpc) is 2.51. The van der Waals surface area contributed by atoms with Crippen LogP contribution in [0.4, 0.5) is 0 Å². The van der Waals surface area contributed by atoms with Crippen LogP contribution < -0.4 is 4.74 Å². The number of benzene rings is 1. The van der Waals surface area contributed by atoms with Gasteiger partial charge in [0.15, 0.2) is 0 Å². The van der Waals surface area contributed by atoms with Crippen LogP contribution >= 0.6 is 0 Å². The van der Waals surface area contributed by atoms with Gasteiger partial charge in [-0.05, 0) is 38.5 Å². The number of hydrogen-bond donors (Lipinski definition) is 0. The number of carbonyl (C=O) groups is 3. The summed E-state index contributed by atoms with van der Waals surface area (Å²) in [5.41, 5.74) is 0.738. The van der Waals surface area contributed by atoms with Crippen LogP contribution in [0.25, 0.3) is 0 Å². The molecule has 0 saturated heterocycles. The number of hydrogen-bond acceptors (Lipinski definition) is 5. The lowest BCUT2D eigenvalue weighted by molar-refractivity contribution is -0.152. The van der Waals surface area contributed by atoms with Crippen LogP contribution in [0.5, 0.6) is 5.75 Å². The van der Waals surface area contributed by atoms with Gasteiger partial charge in [-0.2, -0.15) is 0 Å². The molecule has 5 heteroatoms. The second-order valence-corrected chi connectivity index (χ2v) is 5.54. The van der Waals surface area contributed by atoms with Crippen molar-refractivity contribution in [1.82, 2.24) is 0 Å². The number of ether oxygens (including phenoxy) is 2. The Labute approximate surface area is 137 Å². The molecular weight excluding hydrogens is 296 g/mol. The van der Waals surface area contributed by atoms with E-state index in [9.17, 15) is 14.4 Å². The van der Waals surface area contributed by atoms with Crippen LogP contribution in [0.3, 0.4) is 0 Å². The van der Waals surface area contributed by atoms with Crippen molar-refractivity contribution >= 4 is 17.5 Å². The molecule has 0 radical (unpaired) electrons. The first-order chi connectivity index (χ1) is 10.8. The third-order valence-electron chi connectivity index (χ3n) is 4.02. The fraction of sp³-hybridized carbons (Fsp3) is 0.500. The maximum atomic E-state index is 12.3. The summed E-state index contributed by atoms with van der Waals surface area (Å²) in [5.74, 6) is -2.36. The zero-order valence-corrected chi connectivity index (χ0v) is 14.3. The van der Waals surface area contributed by atoms with E-state index in [2.05, 4.69) is 0 Å². The van der Waals surface area contributed by atoms with Gasteiger partial charge in [-0.1, -0.05) is 19.1 Å². The van der Waals surface area contributed by atoms with Crippen molar-refractivity contribution in [3.63, 3.8) is 0 Å². The molecule has 1 aromatic rings. The predicted octanol–water partition coefficient (Wildman–Crippen LogP) is 2.77. The number of carbonyl (C=O) groups excluding carboxylic acids is 3. The molecule has 0 bridgehead atoms. The lowest BCUT2D eigenvalue weighted by Gasteiger charge is -2.28. The molecule has 1 aromatic carbocycles. The van der Waals surface area contributed by atoms with E-state index in [0.717, 1.165) is 5.56 Å².